The van der Waals surface area contributed by atoms with Gasteiger partial charge in [-0.25, -0.2) is 8.42 Å². The molecule has 0 aliphatic heterocycles. The van der Waals surface area contributed by atoms with Crippen molar-refractivity contribution < 1.29 is 18.0 Å². The van der Waals surface area contributed by atoms with Crippen molar-refractivity contribution in [3.8, 4) is 0 Å². The van der Waals surface area contributed by atoms with Gasteiger partial charge in [-0.05, 0) is 69.0 Å². The monoisotopic (exact) mass is 551 g/mol. The molecule has 0 aromatic heterocycles. The number of benzene rings is 2. The van der Waals surface area contributed by atoms with Crippen molar-refractivity contribution in [2.75, 3.05) is 17.1 Å². The van der Waals surface area contributed by atoms with Gasteiger partial charge in [0.15, 0.2) is 0 Å². The van der Waals surface area contributed by atoms with Gasteiger partial charge in [0.1, 0.15) is 12.6 Å². The van der Waals surface area contributed by atoms with Crippen LogP contribution in [0, 0.1) is 13.8 Å². The van der Waals surface area contributed by atoms with Gasteiger partial charge in [-0.1, -0.05) is 47.1 Å². The Morgan fingerprint density at radius 3 is 2.26 bits per heavy atom. The largest absolute Gasteiger partial charge is 0.352 e. The van der Waals surface area contributed by atoms with Crippen LogP contribution in [-0.4, -0.2) is 50.0 Å². The van der Waals surface area contributed by atoms with E-state index in [9.17, 15) is 18.0 Å². The van der Waals surface area contributed by atoms with E-state index in [1.807, 2.05) is 52.0 Å². The van der Waals surface area contributed by atoms with Gasteiger partial charge in [0.05, 0.1) is 11.9 Å². The summed E-state index contributed by atoms with van der Waals surface area (Å²) >= 11 is 3.42. The molecule has 2 rings (SSSR count). The standard InChI is InChI=1S/C25H34BrN3O4S/c1-7-19(4)27-25(31)20(5)28(15-21-11-9-8-10-17(21)2)24(30)16-29(34(6,32)33)22-12-13-23(26)18(3)14-22/h8-14,19-20H,7,15-16H2,1-6H3,(H,27,31)/t19-,20-/m0/s1. The van der Waals surface area contributed by atoms with Crippen LogP contribution in [0.5, 0.6) is 0 Å². The molecule has 0 fully saturated rings. The van der Waals surface area contributed by atoms with Gasteiger partial charge < -0.3 is 10.2 Å². The lowest BCUT2D eigenvalue weighted by Crippen LogP contribution is -2.52. The molecule has 186 valence electrons. The van der Waals surface area contributed by atoms with Gasteiger partial charge in [0, 0.05) is 17.1 Å². The van der Waals surface area contributed by atoms with Gasteiger partial charge in [-0.15, -0.1) is 0 Å². The number of aryl methyl sites for hydroxylation is 2. The van der Waals surface area contributed by atoms with E-state index in [1.54, 1.807) is 25.1 Å². The van der Waals surface area contributed by atoms with Gasteiger partial charge in [-0.2, -0.15) is 0 Å². The highest BCUT2D eigenvalue weighted by Crippen LogP contribution is 2.25. The molecule has 0 radical (unpaired) electrons. The van der Waals surface area contributed by atoms with Crippen molar-refractivity contribution in [1.82, 2.24) is 10.2 Å². The molecular formula is C25H34BrN3O4S. The molecule has 0 unspecified atom stereocenters. The van der Waals surface area contributed by atoms with Crippen LogP contribution in [0.2, 0.25) is 0 Å². The number of halogens is 1. The minimum absolute atomic E-state index is 0.0383. The van der Waals surface area contributed by atoms with Gasteiger partial charge >= 0.3 is 0 Å². The molecule has 2 aromatic rings. The van der Waals surface area contributed by atoms with E-state index < -0.39 is 28.5 Å². The molecule has 7 nitrogen and oxygen atoms in total. The minimum Gasteiger partial charge on any atom is -0.352 e. The third kappa shape index (κ3) is 7.30. The number of sulfonamides is 1. The Hall–Kier alpha value is -2.39. The lowest BCUT2D eigenvalue weighted by molar-refractivity contribution is -0.139. The van der Waals surface area contributed by atoms with Crippen molar-refractivity contribution in [2.45, 2.75) is 59.7 Å². The predicted octanol–water partition coefficient (Wildman–Crippen LogP) is 4.16. The summed E-state index contributed by atoms with van der Waals surface area (Å²) in [6, 6.07) is 11.9. The maximum Gasteiger partial charge on any atom is 0.244 e. The topological polar surface area (TPSA) is 86.8 Å². The summed E-state index contributed by atoms with van der Waals surface area (Å²) in [7, 11) is -3.76. The number of hydrogen-bond acceptors (Lipinski definition) is 4. The zero-order chi connectivity index (χ0) is 25.6. The first-order valence-corrected chi connectivity index (χ1v) is 13.9. The Balaban J connectivity index is 2.42. The fraction of sp³-hybridized carbons (Fsp3) is 0.440. The molecule has 1 N–H and O–H groups in total. The van der Waals surface area contributed by atoms with E-state index in [0.29, 0.717) is 5.69 Å². The van der Waals surface area contributed by atoms with E-state index in [-0.39, 0.29) is 18.5 Å². The number of hydrogen-bond donors (Lipinski definition) is 1. The smallest absolute Gasteiger partial charge is 0.244 e. The van der Waals surface area contributed by atoms with Crippen LogP contribution in [0.1, 0.15) is 43.9 Å². The molecule has 2 aromatic carbocycles. The van der Waals surface area contributed by atoms with E-state index in [1.165, 1.54) is 4.90 Å². The third-order valence-corrected chi connectivity index (χ3v) is 7.91. The van der Waals surface area contributed by atoms with Crippen LogP contribution in [0.15, 0.2) is 46.9 Å². The fourth-order valence-corrected chi connectivity index (χ4v) is 4.50. The molecule has 0 saturated heterocycles. The lowest BCUT2D eigenvalue weighted by atomic mass is 10.1. The van der Waals surface area contributed by atoms with Crippen LogP contribution in [0.4, 0.5) is 5.69 Å². The van der Waals surface area contributed by atoms with Crippen LogP contribution in [0.25, 0.3) is 0 Å². The molecule has 0 spiro atoms. The van der Waals surface area contributed by atoms with Crippen molar-refractivity contribution in [3.05, 3.63) is 63.6 Å². The summed E-state index contributed by atoms with van der Waals surface area (Å²) in [6.07, 6.45) is 1.83. The van der Waals surface area contributed by atoms with Crippen molar-refractivity contribution >= 4 is 43.5 Å². The zero-order valence-electron chi connectivity index (χ0n) is 20.6. The number of nitrogens with one attached hydrogen (secondary N) is 1. The Bertz CT molecular complexity index is 1140. The average molecular weight is 553 g/mol. The molecule has 0 bridgehead atoms. The second-order valence-electron chi connectivity index (χ2n) is 8.65. The zero-order valence-corrected chi connectivity index (χ0v) is 23.0. The van der Waals surface area contributed by atoms with Gasteiger partial charge in [-0.3, -0.25) is 13.9 Å². The first-order valence-electron chi connectivity index (χ1n) is 11.2. The average Bonchev–Trinajstić information content (AvgIpc) is 2.77. The number of rotatable bonds is 10. The van der Waals surface area contributed by atoms with Crippen LogP contribution >= 0.6 is 15.9 Å². The Kier molecular flexibility index (Phi) is 9.70. The van der Waals surface area contributed by atoms with Crippen LogP contribution in [-0.2, 0) is 26.2 Å². The SMILES string of the molecule is CC[C@H](C)NC(=O)[C@H](C)N(Cc1ccccc1C)C(=O)CN(c1ccc(Br)c(C)c1)S(C)(=O)=O. The summed E-state index contributed by atoms with van der Waals surface area (Å²) in [6.45, 7) is 9.11. The molecule has 0 heterocycles. The number of carbonyl (C=O) groups is 2. The Morgan fingerprint density at radius 2 is 1.71 bits per heavy atom. The summed E-state index contributed by atoms with van der Waals surface area (Å²) in [5.74, 6) is -0.734. The van der Waals surface area contributed by atoms with E-state index in [2.05, 4.69) is 21.2 Å². The van der Waals surface area contributed by atoms with Crippen LogP contribution < -0.4 is 9.62 Å². The molecule has 34 heavy (non-hydrogen) atoms. The lowest BCUT2D eigenvalue weighted by Gasteiger charge is -2.32. The highest BCUT2D eigenvalue weighted by molar-refractivity contribution is 9.10. The van der Waals surface area contributed by atoms with Crippen molar-refractivity contribution in [2.24, 2.45) is 0 Å². The van der Waals surface area contributed by atoms with Crippen molar-refractivity contribution in [3.63, 3.8) is 0 Å². The highest BCUT2D eigenvalue weighted by Gasteiger charge is 2.30. The molecule has 0 saturated carbocycles. The number of carbonyl (C=O) groups excluding carboxylic acids is 2. The summed E-state index contributed by atoms with van der Waals surface area (Å²) in [5, 5.41) is 2.92. The second-order valence-corrected chi connectivity index (χ2v) is 11.4. The molecule has 9 heteroatoms. The summed E-state index contributed by atoms with van der Waals surface area (Å²) < 4.78 is 27.2. The highest BCUT2D eigenvalue weighted by atomic mass is 79.9. The van der Waals surface area contributed by atoms with Crippen LogP contribution in [0.3, 0.4) is 0 Å². The minimum atomic E-state index is -3.76. The van der Waals surface area contributed by atoms with Gasteiger partial charge in [0.2, 0.25) is 21.8 Å². The second kappa shape index (κ2) is 11.8. The summed E-state index contributed by atoms with van der Waals surface area (Å²) in [5.41, 5.74) is 3.11. The Labute approximate surface area is 211 Å². The van der Waals surface area contributed by atoms with E-state index in [0.717, 1.165) is 38.1 Å². The number of amides is 2. The molecular weight excluding hydrogens is 518 g/mol. The summed E-state index contributed by atoms with van der Waals surface area (Å²) in [4.78, 5) is 27.9. The Morgan fingerprint density at radius 1 is 1.06 bits per heavy atom. The predicted molar refractivity (Wildman–Crippen MR) is 140 cm³/mol. The molecule has 2 atom stereocenters. The maximum absolute atomic E-state index is 13.6. The normalized spacial score (nSPS) is 13.1. The molecule has 0 aliphatic rings. The van der Waals surface area contributed by atoms with Gasteiger partial charge in [0.25, 0.3) is 0 Å². The first kappa shape index (κ1) is 27.9. The fourth-order valence-electron chi connectivity index (χ4n) is 3.42. The maximum atomic E-state index is 13.6. The first-order chi connectivity index (χ1) is 15.8. The quantitative estimate of drug-likeness (QED) is 0.480. The number of nitrogens with zero attached hydrogens (tertiary/aromatic N) is 2. The van der Waals surface area contributed by atoms with Crippen molar-refractivity contribution in [1.29, 1.82) is 0 Å². The number of anilines is 1. The van der Waals surface area contributed by atoms with E-state index in [4.69, 9.17) is 0 Å². The third-order valence-electron chi connectivity index (χ3n) is 5.88. The molecule has 2 amide bonds. The molecule has 0 aliphatic carbocycles. The van der Waals surface area contributed by atoms with E-state index >= 15 is 0 Å².